The second-order valence-corrected chi connectivity index (χ2v) is 5.73. The summed E-state index contributed by atoms with van der Waals surface area (Å²) in [6.07, 6.45) is -7.97. The Morgan fingerprint density at radius 2 is 1.69 bits per heavy atom. The molecule has 0 spiro atoms. The van der Waals surface area contributed by atoms with Crippen LogP contribution in [0, 0.1) is 5.41 Å². The zero-order valence-corrected chi connectivity index (χ0v) is 10.9. The zero-order valence-electron chi connectivity index (χ0n) is 9.33. The maximum absolute atomic E-state index is 13.8. The van der Waals surface area contributed by atoms with Gasteiger partial charge in [0.2, 0.25) is 0 Å². The molecule has 16 heavy (non-hydrogen) atoms. The molecular weight excluding hydrogens is 294 g/mol. The molecule has 0 aromatic heterocycles. The summed E-state index contributed by atoms with van der Waals surface area (Å²) in [5.74, 6) is 0. The first-order chi connectivity index (χ1) is 6.94. The maximum Gasteiger partial charge on any atom is 0.414 e. The quantitative estimate of drug-likeness (QED) is 0.604. The van der Waals surface area contributed by atoms with Crippen molar-refractivity contribution in [2.75, 3.05) is 13.6 Å². The number of aliphatic hydroxyl groups excluding tert-OH is 1. The lowest BCUT2D eigenvalue weighted by atomic mass is 9.80. The fourth-order valence-electron chi connectivity index (χ4n) is 1.34. The van der Waals surface area contributed by atoms with Crippen molar-refractivity contribution in [2.24, 2.45) is 5.41 Å². The molecule has 0 saturated heterocycles. The van der Waals surface area contributed by atoms with E-state index in [-0.39, 0.29) is 6.54 Å². The van der Waals surface area contributed by atoms with Gasteiger partial charge in [0.1, 0.15) is 0 Å². The van der Waals surface area contributed by atoms with Crippen molar-refractivity contribution in [1.82, 2.24) is 5.32 Å². The third kappa shape index (κ3) is 4.18. The summed E-state index contributed by atoms with van der Waals surface area (Å²) in [6.45, 7) is 2.49. The van der Waals surface area contributed by atoms with Gasteiger partial charge in [-0.15, -0.1) is 0 Å². The van der Waals surface area contributed by atoms with Crippen molar-refractivity contribution in [1.29, 1.82) is 0 Å². The average molecular weight is 310 g/mol. The summed E-state index contributed by atoms with van der Waals surface area (Å²) in [5.41, 5.74) is -1.36. The third-order valence-electron chi connectivity index (χ3n) is 2.65. The number of aliphatic hydroxyl groups is 1. The first-order valence-corrected chi connectivity index (χ1v) is 5.50. The highest BCUT2D eigenvalue weighted by Crippen LogP contribution is 2.44. The molecule has 0 fully saturated rings. The van der Waals surface area contributed by atoms with Gasteiger partial charge in [0.05, 0.1) is 0 Å². The third-order valence-corrected chi connectivity index (χ3v) is 3.61. The number of rotatable bonds is 5. The highest BCUT2D eigenvalue weighted by molar-refractivity contribution is 9.10. The molecule has 3 atom stereocenters. The molecule has 0 aliphatic carbocycles. The molecule has 1 unspecified atom stereocenters. The average Bonchev–Trinajstić information content (AvgIpc) is 2.00. The Labute approximate surface area is 101 Å². The van der Waals surface area contributed by atoms with Gasteiger partial charge >= 0.3 is 6.18 Å². The van der Waals surface area contributed by atoms with E-state index in [1.54, 1.807) is 0 Å². The maximum atomic E-state index is 13.8. The fraction of sp³-hybridized carbons (Fsp3) is 1.00. The molecule has 0 bridgehead atoms. The minimum atomic E-state index is -4.73. The zero-order chi connectivity index (χ0) is 13.2. The lowest BCUT2D eigenvalue weighted by Crippen LogP contribution is -2.47. The van der Waals surface area contributed by atoms with Crippen LogP contribution in [0.4, 0.5) is 17.6 Å². The summed E-state index contributed by atoms with van der Waals surface area (Å²) < 4.78 is 48.4. The van der Waals surface area contributed by atoms with Crippen LogP contribution in [0.5, 0.6) is 0 Å². The number of halogens is 5. The molecule has 0 aliphatic rings. The van der Waals surface area contributed by atoms with Crippen LogP contribution in [0.3, 0.4) is 0 Å². The van der Waals surface area contributed by atoms with Crippen LogP contribution in [0.15, 0.2) is 0 Å². The van der Waals surface area contributed by atoms with E-state index in [2.05, 4.69) is 21.2 Å². The minimum absolute atomic E-state index is 0.0123. The second kappa shape index (κ2) is 5.18. The predicted molar refractivity (Wildman–Crippen MR) is 57.2 cm³/mol. The van der Waals surface area contributed by atoms with Gasteiger partial charge in [0, 0.05) is 12.0 Å². The van der Waals surface area contributed by atoms with Crippen LogP contribution in [-0.2, 0) is 0 Å². The van der Waals surface area contributed by atoms with E-state index in [0.29, 0.717) is 0 Å². The van der Waals surface area contributed by atoms with Gasteiger partial charge in [-0.25, -0.2) is 4.39 Å². The molecule has 0 saturated carbocycles. The van der Waals surface area contributed by atoms with Crippen molar-refractivity contribution in [2.45, 2.75) is 37.1 Å². The van der Waals surface area contributed by atoms with Crippen LogP contribution in [0.2, 0.25) is 0 Å². The van der Waals surface area contributed by atoms with Crippen LogP contribution in [-0.4, -0.2) is 35.6 Å². The van der Waals surface area contributed by atoms with E-state index in [1.165, 1.54) is 14.0 Å². The molecule has 0 aromatic carbocycles. The molecule has 2 N–H and O–H groups in total. The second-order valence-electron chi connectivity index (χ2n) is 4.24. The van der Waals surface area contributed by atoms with Crippen molar-refractivity contribution >= 4 is 15.9 Å². The standard InChI is InChI=1S/C9H16BrF4NO/c1-7(5-15-3,8(2,10)11)4-6(16)9(12,13)14/h6,15-16H,4-5H2,1-3H3/t6-,7-,8?/m1/s1. The molecule has 0 amide bonds. The van der Waals surface area contributed by atoms with E-state index in [4.69, 9.17) is 5.11 Å². The Morgan fingerprint density at radius 1 is 1.25 bits per heavy atom. The molecule has 0 heterocycles. The van der Waals surface area contributed by atoms with Crippen LogP contribution in [0.25, 0.3) is 0 Å². The molecule has 98 valence electrons. The molecular formula is C9H16BrF4NO. The topological polar surface area (TPSA) is 32.3 Å². The molecule has 0 aromatic rings. The van der Waals surface area contributed by atoms with Gasteiger partial charge in [0.15, 0.2) is 10.7 Å². The Balaban J connectivity index is 4.83. The van der Waals surface area contributed by atoms with E-state index in [1.807, 2.05) is 0 Å². The van der Waals surface area contributed by atoms with Crippen LogP contribution >= 0.6 is 15.9 Å². The summed E-state index contributed by atoms with van der Waals surface area (Å²) in [6, 6.07) is 0. The Hall–Kier alpha value is 0.120. The van der Waals surface area contributed by atoms with Crippen LogP contribution in [0.1, 0.15) is 20.3 Å². The van der Waals surface area contributed by atoms with E-state index in [0.717, 1.165) is 6.92 Å². The molecule has 7 heteroatoms. The highest BCUT2D eigenvalue weighted by Gasteiger charge is 2.49. The molecule has 0 rings (SSSR count). The van der Waals surface area contributed by atoms with Crippen molar-refractivity contribution < 1.29 is 22.7 Å². The van der Waals surface area contributed by atoms with Gasteiger partial charge in [-0.3, -0.25) is 0 Å². The van der Waals surface area contributed by atoms with Crippen molar-refractivity contribution in [3.05, 3.63) is 0 Å². The van der Waals surface area contributed by atoms with Gasteiger partial charge < -0.3 is 10.4 Å². The van der Waals surface area contributed by atoms with Gasteiger partial charge in [-0.2, -0.15) is 13.2 Å². The van der Waals surface area contributed by atoms with Crippen molar-refractivity contribution in [3.8, 4) is 0 Å². The highest BCUT2D eigenvalue weighted by atomic mass is 79.9. The lowest BCUT2D eigenvalue weighted by molar-refractivity contribution is -0.214. The normalized spacial score (nSPS) is 22.3. The first kappa shape index (κ1) is 16.1. The van der Waals surface area contributed by atoms with Gasteiger partial charge in [0.25, 0.3) is 0 Å². The van der Waals surface area contributed by atoms with Crippen LogP contribution < -0.4 is 5.32 Å². The molecule has 0 aliphatic heterocycles. The SMILES string of the molecule is CNC[C@@](C)(C[C@@H](O)C(F)(F)F)C(C)(F)Br. The smallest absolute Gasteiger partial charge is 0.384 e. The molecule has 0 radical (unpaired) electrons. The Kier molecular flexibility index (Phi) is 5.22. The fourth-order valence-corrected chi connectivity index (χ4v) is 1.64. The molecule has 2 nitrogen and oxygen atoms in total. The first-order valence-electron chi connectivity index (χ1n) is 4.71. The van der Waals surface area contributed by atoms with Gasteiger partial charge in [-0.1, -0.05) is 6.92 Å². The van der Waals surface area contributed by atoms with E-state index in [9.17, 15) is 17.6 Å². The summed E-state index contributed by atoms with van der Waals surface area (Å²) >= 11 is 2.71. The van der Waals surface area contributed by atoms with Gasteiger partial charge in [-0.05, 0) is 36.3 Å². The Morgan fingerprint density at radius 3 is 1.94 bits per heavy atom. The number of hydrogen-bond acceptors (Lipinski definition) is 2. The summed E-state index contributed by atoms with van der Waals surface area (Å²) in [4.78, 5) is 0. The summed E-state index contributed by atoms with van der Waals surface area (Å²) in [5, 5.41) is 11.6. The van der Waals surface area contributed by atoms with E-state index >= 15 is 0 Å². The monoisotopic (exact) mass is 309 g/mol. The lowest BCUT2D eigenvalue weighted by Gasteiger charge is -2.38. The Bertz CT molecular complexity index is 229. The largest absolute Gasteiger partial charge is 0.414 e. The number of alkyl halides is 5. The minimum Gasteiger partial charge on any atom is -0.384 e. The number of nitrogens with one attached hydrogen (secondary N) is 1. The van der Waals surface area contributed by atoms with Crippen molar-refractivity contribution in [3.63, 3.8) is 0 Å². The van der Waals surface area contributed by atoms with E-state index < -0.39 is 28.7 Å². The summed E-state index contributed by atoms with van der Waals surface area (Å²) in [7, 11) is 1.51. The predicted octanol–water partition coefficient (Wildman–Crippen LogP) is 2.61. The number of hydrogen-bond donors (Lipinski definition) is 2.